The lowest BCUT2D eigenvalue weighted by atomic mass is 10.1. The van der Waals surface area contributed by atoms with Crippen molar-refractivity contribution in [2.75, 3.05) is 18.9 Å². The summed E-state index contributed by atoms with van der Waals surface area (Å²) in [6.07, 6.45) is 3.14. The highest BCUT2D eigenvalue weighted by Crippen LogP contribution is 2.18. The quantitative estimate of drug-likeness (QED) is 0.591. The van der Waals surface area contributed by atoms with E-state index in [4.69, 9.17) is 4.74 Å². The summed E-state index contributed by atoms with van der Waals surface area (Å²) in [7, 11) is -3.19. The summed E-state index contributed by atoms with van der Waals surface area (Å²) in [5, 5.41) is 0. The zero-order chi connectivity index (χ0) is 15.6. The van der Waals surface area contributed by atoms with Gasteiger partial charge in [0.1, 0.15) is 12.4 Å². The number of hydrogen-bond acceptors (Lipinski definition) is 3. The lowest BCUT2D eigenvalue weighted by Crippen LogP contribution is -2.26. The first-order chi connectivity index (χ1) is 10.1. The molecule has 0 unspecified atom stereocenters. The van der Waals surface area contributed by atoms with Gasteiger partial charge >= 0.3 is 0 Å². The van der Waals surface area contributed by atoms with Crippen molar-refractivity contribution in [3.8, 4) is 17.6 Å². The van der Waals surface area contributed by atoms with E-state index in [0.29, 0.717) is 6.42 Å². The fourth-order valence-corrected chi connectivity index (χ4v) is 2.66. The van der Waals surface area contributed by atoms with Crippen molar-refractivity contribution in [1.82, 2.24) is 4.72 Å². The van der Waals surface area contributed by atoms with E-state index >= 15 is 0 Å². The van der Waals surface area contributed by atoms with Gasteiger partial charge in [0.2, 0.25) is 10.0 Å². The van der Waals surface area contributed by atoms with Gasteiger partial charge in [-0.3, -0.25) is 0 Å². The number of rotatable bonds is 8. The number of ether oxygens (including phenoxy) is 1. The molecule has 114 valence electrons. The van der Waals surface area contributed by atoms with Gasteiger partial charge in [-0.15, -0.1) is 6.58 Å². The van der Waals surface area contributed by atoms with Gasteiger partial charge in [0.25, 0.3) is 0 Å². The SMILES string of the molecule is C=CCc1ccccc1OCC#CCNS(=O)(=O)CCC. The minimum Gasteiger partial charge on any atom is -0.481 e. The second-order valence-corrected chi connectivity index (χ2v) is 6.31. The molecule has 0 fully saturated rings. The smallest absolute Gasteiger partial charge is 0.212 e. The highest BCUT2D eigenvalue weighted by Gasteiger charge is 2.05. The van der Waals surface area contributed by atoms with E-state index in [0.717, 1.165) is 17.7 Å². The van der Waals surface area contributed by atoms with E-state index in [2.05, 4.69) is 23.1 Å². The predicted octanol–water partition coefficient (Wildman–Crippen LogP) is 2.13. The summed E-state index contributed by atoms with van der Waals surface area (Å²) in [5.41, 5.74) is 1.05. The van der Waals surface area contributed by atoms with Gasteiger partial charge in [0.15, 0.2) is 0 Å². The lowest BCUT2D eigenvalue weighted by molar-refractivity contribution is 0.366. The molecule has 0 atom stereocenters. The molecule has 0 saturated carbocycles. The van der Waals surface area contributed by atoms with Crippen molar-refractivity contribution < 1.29 is 13.2 Å². The van der Waals surface area contributed by atoms with Crippen molar-refractivity contribution in [3.05, 3.63) is 42.5 Å². The van der Waals surface area contributed by atoms with Crippen molar-refractivity contribution >= 4 is 10.0 Å². The van der Waals surface area contributed by atoms with Crippen LogP contribution < -0.4 is 9.46 Å². The first kappa shape index (κ1) is 17.3. The summed E-state index contributed by atoms with van der Waals surface area (Å²) < 4.78 is 30.8. The molecular weight excluding hydrogens is 286 g/mol. The van der Waals surface area contributed by atoms with Gasteiger partial charge in [-0.2, -0.15) is 0 Å². The molecule has 1 rings (SSSR count). The molecular formula is C16H21NO3S. The minimum atomic E-state index is -3.19. The number of hydrogen-bond donors (Lipinski definition) is 1. The van der Waals surface area contributed by atoms with Gasteiger partial charge in [0.05, 0.1) is 12.3 Å². The van der Waals surface area contributed by atoms with Gasteiger partial charge < -0.3 is 4.74 Å². The van der Waals surface area contributed by atoms with Crippen LogP contribution in [-0.2, 0) is 16.4 Å². The van der Waals surface area contributed by atoms with Crippen molar-refractivity contribution in [2.24, 2.45) is 0 Å². The maximum absolute atomic E-state index is 11.4. The molecule has 0 saturated heterocycles. The summed E-state index contributed by atoms with van der Waals surface area (Å²) >= 11 is 0. The maximum Gasteiger partial charge on any atom is 0.212 e. The Labute approximate surface area is 127 Å². The third-order valence-corrected chi connectivity index (χ3v) is 4.14. The summed E-state index contributed by atoms with van der Waals surface area (Å²) in [4.78, 5) is 0. The Morgan fingerprint density at radius 2 is 2.10 bits per heavy atom. The molecule has 0 heterocycles. The second kappa shape index (κ2) is 9.22. The monoisotopic (exact) mass is 307 g/mol. The van der Waals surface area contributed by atoms with Crippen LogP contribution in [0.2, 0.25) is 0 Å². The molecule has 21 heavy (non-hydrogen) atoms. The third-order valence-electron chi connectivity index (χ3n) is 2.62. The Morgan fingerprint density at radius 3 is 2.81 bits per heavy atom. The number of nitrogens with one attached hydrogen (secondary N) is 1. The van der Waals surface area contributed by atoms with Crippen molar-refractivity contribution in [2.45, 2.75) is 19.8 Å². The van der Waals surface area contributed by atoms with Crippen LogP contribution in [0.25, 0.3) is 0 Å². The second-order valence-electron chi connectivity index (χ2n) is 4.38. The molecule has 4 nitrogen and oxygen atoms in total. The molecule has 0 aliphatic heterocycles. The van der Waals surface area contributed by atoms with Crippen LogP contribution in [0.15, 0.2) is 36.9 Å². The maximum atomic E-state index is 11.4. The molecule has 0 aliphatic carbocycles. The normalized spacial score (nSPS) is 10.5. The third kappa shape index (κ3) is 6.98. The van der Waals surface area contributed by atoms with Gasteiger partial charge in [-0.05, 0) is 24.5 Å². The van der Waals surface area contributed by atoms with Gasteiger partial charge in [-0.1, -0.05) is 43.0 Å². The molecule has 0 radical (unpaired) electrons. The van der Waals surface area contributed by atoms with E-state index in [1.54, 1.807) is 0 Å². The zero-order valence-electron chi connectivity index (χ0n) is 12.3. The fourth-order valence-electron chi connectivity index (χ4n) is 1.68. The van der Waals surface area contributed by atoms with E-state index in [9.17, 15) is 8.42 Å². The molecule has 1 aromatic rings. The standard InChI is InChI=1S/C16H21NO3S/c1-3-9-15-10-5-6-11-16(15)20-13-8-7-12-17-21(18,19)14-4-2/h3,5-6,10-11,17H,1,4,9,12-14H2,2H3. The molecule has 5 heteroatoms. The van der Waals surface area contributed by atoms with Crippen LogP contribution >= 0.6 is 0 Å². The number of allylic oxidation sites excluding steroid dienone is 1. The number of sulfonamides is 1. The Hall–Kier alpha value is -1.77. The first-order valence-electron chi connectivity index (χ1n) is 6.83. The molecule has 0 bridgehead atoms. The van der Waals surface area contributed by atoms with Crippen LogP contribution in [0, 0.1) is 11.8 Å². The van der Waals surface area contributed by atoms with Gasteiger partial charge in [-0.25, -0.2) is 13.1 Å². The van der Waals surface area contributed by atoms with Crippen molar-refractivity contribution in [1.29, 1.82) is 0 Å². The molecule has 1 N–H and O–H groups in total. The topological polar surface area (TPSA) is 55.4 Å². The average Bonchev–Trinajstić information content (AvgIpc) is 2.44. The Morgan fingerprint density at radius 1 is 1.33 bits per heavy atom. The first-order valence-corrected chi connectivity index (χ1v) is 8.49. The van der Waals surface area contributed by atoms with Crippen LogP contribution in [0.5, 0.6) is 5.75 Å². The van der Waals surface area contributed by atoms with Gasteiger partial charge in [0, 0.05) is 0 Å². The molecule has 0 aromatic heterocycles. The zero-order valence-corrected chi connectivity index (χ0v) is 13.1. The van der Waals surface area contributed by atoms with Crippen molar-refractivity contribution in [3.63, 3.8) is 0 Å². The van der Waals surface area contributed by atoms with E-state index < -0.39 is 10.0 Å². The van der Waals surface area contributed by atoms with Crippen LogP contribution in [0.3, 0.4) is 0 Å². The fraction of sp³-hybridized carbons (Fsp3) is 0.375. The molecule has 0 spiro atoms. The minimum absolute atomic E-state index is 0.111. The Kier molecular flexibility index (Phi) is 7.59. The number of para-hydroxylation sites is 1. The average molecular weight is 307 g/mol. The summed E-state index contributed by atoms with van der Waals surface area (Å²) in [5.74, 6) is 6.43. The van der Waals surface area contributed by atoms with E-state index in [1.807, 2.05) is 37.3 Å². The van der Waals surface area contributed by atoms with Crippen LogP contribution in [0.4, 0.5) is 0 Å². The van der Waals surface area contributed by atoms with E-state index in [-0.39, 0.29) is 18.9 Å². The highest BCUT2D eigenvalue weighted by molar-refractivity contribution is 7.89. The van der Waals surface area contributed by atoms with Crippen LogP contribution in [0.1, 0.15) is 18.9 Å². The Balaban J connectivity index is 2.41. The predicted molar refractivity (Wildman–Crippen MR) is 85.7 cm³/mol. The highest BCUT2D eigenvalue weighted by atomic mass is 32.2. The number of benzene rings is 1. The lowest BCUT2D eigenvalue weighted by Gasteiger charge is -2.07. The molecule has 1 aromatic carbocycles. The van der Waals surface area contributed by atoms with E-state index in [1.165, 1.54) is 0 Å². The molecule has 0 amide bonds. The molecule has 0 aliphatic rings. The van der Waals surface area contributed by atoms with Crippen LogP contribution in [-0.4, -0.2) is 27.3 Å². The Bertz CT molecular complexity index is 612. The summed E-state index contributed by atoms with van der Waals surface area (Å²) in [6, 6.07) is 7.70. The largest absolute Gasteiger partial charge is 0.481 e. The summed E-state index contributed by atoms with van der Waals surface area (Å²) in [6.45, 7) is 5.86.